The van der Waals surface area contributed by atoms with Crippen molar-refractivity contribution < 1.29 is 40.7 Å². The minimum absolute atomic E-state index is 0.0689. The molecule has 2 amide bonds. The fourth-order valence-electron chi connectivity index (χ4n) is 5.14. The molecule has 230 valence electrons. The molecule has 5 rings (SSSR count). The van der Waals surface area contributed by atoms with Gasteiger partial charge in [-0.15, -0.1) is 0 Å². The first kappa shape index (κ1) is 30.7. The number of nitrogens with two attached hydrogens (primary N) is 2. The van der Waals surface area contributed by atoms with Crippen molar-refractivity contribution in [1.29, 1.82) is 0 Å². The van der Waals surface area contributed by atoms with Gasteiger partial charge in [-0.25, -0.2) is 19.0 Å². The summed E-state index contributed by atoms with van der Waals surface area (Å²) in [5, 5.41) is 4.34. The predicted molar refractivity (Wildman–Crippen MR) is 143 cm³/mol. The lowest BCUT2D eigenvalue weighted by molar-refractivity contribution is -0.143. The number of hydrazine groups is 1. The molecule has 0 saturated carbocycles. The summed E-state index contributed by atoms with van der Waals surface area (Å²) in [5.41, 5.74) is 4.39. The van der Waals surface area contributed by atoms with Crippen molar-refractivity contribution in [2.45, 2.75) is 38.2 Å². The highest BCUT2D eigenvalue weighted by atomic mass is 19.4. The molecule has 1 atom stereocenters. The molecule has 4 aromatic rings. The van der Waals surface area contributed by atoms with Crippen LogP contribution in [0.15, 0.2) is 54.7 Å². The second kappa shape index (κ2) is 12.1. The van der Waals surface area contributed by atoms with Crippen molar-refractivity contribution in [2.24, 2.45) is 11.6 Å². The first-order valence-electron chi connectivity index (χ1n) is 13.1. The molecule has 0 radical (unpaired) electrons. The monoisotopic (exact) mass is 618 g/mol. The highest BCUT2D eigenvalue weighted by Gasteiger charge is 2.40. The van der Waals surface area contributed by atoms with Gasteiger partial charge in [-0.1, -0.05) is 12.1 Å². The van der Waals surface area contributed by atoms with Crippen LogP contribution >= 0.6 is 0 Å². The van der Waals surface area contributed by atoms with Gasteiger partial charge in [0.1, 0.15) is 24.0 Å². The molecular weight excluding hydrogens is 594 g/mol. The average Bonchev–Trinajstić information content (AvgIpc) is 3.34. The molecule has 0 saturated heterocycles. The number of nitrogens with zero attached hydrogens (tertiary/aromatic N) is 4. The molecule has 0 fully saturated rings. The Labute approximate surface area is 246 Å². The zero-order valence-electron chi connectivity index (χ0n) is 22.7. The Kier molecular flexibility index (Phi) is 8.43. The number of pyridine rings is 1. The summed E-state index contributed by atoms with van der Waals surface area (Å²) in [4.78, 5) is 29.7. The van der Waals surface area contributed by atoms with E-state index in [-0.39, 0.29) is 59.7 Å². The quantitative estimate of drug-likeness (QED) is 0.132. The Hall–Kier alpha value is -4.76. The molecule has 0 unspecified atom stereocenters. The van der Waals surface area contributed by atoms with Crippen LogP contribution in [0.1, 0.15) is 44.6 Å². The van der Waals surface area contributed by atoms with Gasteiger partial charge in [0, 0.05) is 41.9 Å². The maximum Gasteiger partial charge on any atom is 0.435 e. The molecule has 0 spiro atoms. The summed E-state index contributed by atoms with van der Waals surface area (Å²) >= 11 is 0. The molecule has 2 aromatic carbocycles. The lowest BCUT2D eigenvalue weighted by Crippen LogP contribution is -2.44. The molecule has 0 bridgehead atoms. The summed E-state index contributed by atoms with van der Waals surface area (Å²) in [6.07, 6.45) is -3.66. The van der Waals surface area contributed by atoms with Crippen molar-refractivity contribution in [2.75, 3.05) is 6.61 Å². The Bertz CT molecular complexity index is 1720. The van der Waals surface area contributed by atoms with Crippen LogP contribution in [-0.4, -0.2) is 38.2 Å². The van der Waals surface area contributed by atoms with Crippen LogP contribution in [0.25, 0.3) is 11.1 Å². The van der Waals surface area contributed by atoms with E-state index in [9.17, 15) is 35.9 Å². The zero-order valence-corrected chi connectivity index (χ0v) is 22.7. The minimum Gasteiger partial charge on any atom is -0.376 e. The number of benzene rings is 2. The smallest absolute Gasteiger partial charge is 0.376 e. The van der Waals surface area contributed by atoms with E-state index >= 15 is 0 Å². The first-order chi connectivity index (χ1) is 20.8. The van der Waals surface area contributed by atoms with Gasteiger partial charge in [0.15, 0.2) is 5.69 Å². The van der Waals surface area contributed by atoms with E-state index in [1.54, 1.807) is 0 Å². The molecule has 15 heteroatoms. The fourth-order valence-corrected chi connectivity index (χ4v) is 5.14. The Morgan fingerprint density at radius 1 is 1.07 bits per heavy atom. The standard InChI is InChI=1S/C29H24F6N6O3/c30-17-8-15(9-18(31)12-17)10-24(26-19(2-1-6-38-26)16-3-4-22(32)20(11-16)28(36)43)41(37)25(42)13-40-23-5-7-44-14-21(23)27(39-40)29(33,34)35/h1-4,6,8-9,11-12,24H,5,7,10,13-14,37H2,(H2,36,43)/t24-/m0/s1. The van der Waals surface area contributed by atoms with Gasteiger partial charge in [0.25, 0.3) is 11.8 Å². The summed E-state index contributed by atoms with van der Waals surface area (Å²) < 4.78 is 89.6. The van der Waals surface area contributed by atoms with E-state index in [4.69, 9.17) is 16.3 Å². The number of carbonyl (C=O) groups is 2. The molecular formula is C29H24F6N6O3. The molecule has 3 heterocycles. The lowest BCUT2D eigenvalue weighted by atomic mass is 9.94. The van der Waals surface area contributed by atoms with Crippen LogP contribution in [0.4, 0.5) is 26.3 Å². The number of fused-ring (bicyclic) bond motifs is 1. The molecule has 1 aliphatic heterocycles. The number of hydrogen-bond acceptors (Lipinski definition) is 6. The first-order valence-corrected chi connectivity index (χ1v) is 13.1. The largest absolute Gasteiger partial charge is 0.435 e. The fraction of sp³-hybridized carbons (Fsp3) is 0.241. The predicted octanol–water partition coefficient (Wildman–Crippen LogP) is 4.24. The lowest BCUT2D eigenvalue weighted by Gasteiger charge is -2.29. The van der Waals surface area contributed by atoms with Gasteiger partial charge in [0.05, 0.1) is 30.5 Å². The number of rotatable bonds is 8. The third kappa shape index (κ3) is 6.28. The van der Waals surface area contributed by atoms with Gasteiger partial charge in [-0.3, -0.25) is 24.3 Å². The van der Waals surface area contributed by atoms with Crippen LogP contribution < -0.4 is 11.6 Å². The average molecular weight is 619 g/mol. The summed E-state index contributed by atoms with van der Waals surface area (Å²) in [6, 6.07) is 8.04. The van der Waals surface area contributed by atoms with Crippen LogP contribution in [-0.2, 0) is 41.7 Å². The molecule has 4 N–H and O–H groups in total. The number of alkyl halides is 3. The van der Waals surface area contributed by atoms with Crippen LogP contribution in [0.2, 0.25) is 0 Å². The van der Waals surface area contributed by atoms with Gasteiger partial charge in [0.2, 0.25) is 0 Å². The summed E-state index contributed by atoms with van der Waals surface area (Å²) in [6.45, 7) is -0.916. The molecule has 9 nitrogen and oxygen atoms in total. The summed E-state index contributed by atoms with van der Waals surface area (Å²) in [7, 11) is 0. The van der Waals surface area contributed by atoms with E-state index in [2.05, 4.69) is 10.1 Å². The Balaban J connectivity index is 1.57. The van der Waals surface area contributed by atoms with Gasteiger partial charge in [-0.05, 0) is 41.5 Å². The molecule has 44 heavy (non-hydrogen) atoms. The molecule has 2 aromatic heterocycles. The zero-order chi connectivity index (χ0) is 31.8. The Morgan fingerprint density at radius 2 is 1.80 bits per heavy atom. The van der Waals surface area contributed by atoms with Gasteiger partial charge >= 0.3 is 6.18 Å². The molecule has 1 aliphatic rings. The van der Waals surface area contributed by atoms with E-state index in [1.165, 1.54) is 30.5 Å². The van der Waals surface area contributed by atoms with Crippen molar-refractivity contribution >= 4 is 11.8 Å². The second-order valence-electron chi connectivity index (χ2n) is 10.0. The number of aromatic nitrogens is 3. The van der Waals surface area contributed by atoms with Crippen LogP contribution in [0.3, 0.4) is 0 Å². The van der Waals surface area contributed by atoms with Crippen LogP contribution in [0.5, 0.6) is 0 Å². The number of primary amides is 1. The normalized spacial score (nSPS) is 13.8. The van der Waals surface area contributed by atoms with Gasteiger partial charge < -0.3 is 10.5 Å². The van der Waals surface area contributed by atoms with E-state index in [0.29, 0.717) is 11.1 Å². The maximum atomic E-state index is 14.2. The van der Waals surface area contributed by atoms with Crippen LogP contribution in [0, 0.1) is 17.5 Å². The van der Waals surface area contributed by atoms with Gasteiger partial charge in [-0.2, -0.15) is 18.3 Å². The summed E-state index contributed by atoms with van der Waals surface area (Å²) in [5.74, 6) is 1.71. The highest BCUT2D eigenvalue weighted by molar-refractivity contribution is 5.94. The highest BCUT2D eigenvalue weighted by Crippen LogP contribution is 2.36. The number of halogens is 6. The second-order valence-corrected chi connectivity index (χ2v) is 10.0. The third-order valence-corrected chi connectivity index (χ3v) is 7.12. The SMILES string of the molecule is NC(=O)c1cc(-c2cccnc2[C@H](Cc2cc(F)cc(F)c2)N(N)C(=O)Cn2nc(C(F)(F)F)c3c2CCOC3)ccc1F. The van der Waals surface area contributed by atoms with Crippen molar-refractivity contribution in [3.05, 3.63) is 106 Å². The topological polar surface area (TPSA) is 129 Å². The van der Waals surface area contributed by atoms with Crippen molar-refractivity contribution in [1.82, 2.24) is 19.8 Å². The number of hydrogen-bond donors (Lipinski definition) is 2. The third-order valence-electron chi connectivity index (χ3n) is 7.12. The number of ether oxygens (including phenoxy) is 1. The van der Waals surface area contributed by atoms with Crippen molar-refractivity contribution in [3.63, 3.8) is 0 Å². The Morgan fingerprint density at radius 3 is 2.48 bits per heavy atom. The van der Waals surface area contributed by atoms with Crippen molar-refractivity contribution in [3.8, 4) is 11.1 Å². The number of amides is 2. The minimum atomic E-state index is -4.80. The number of carbonyl (C=O) groups excluding carboxylic acids is 2. The van der Waals surface area contributed by atoms with E-state index < -0.39 is 59.3 Å². The van der Waals surface area contributed by atoms with E-state index in [0.717, 1.165) is 22.9 Å². The van der Waals surface area contributed by atoms with E-state index in [1.807, 2.05) is 0 Å². The molecule has 0 aliphatic carbocycles. The maximum absolute atomic E-state index is 14.2.